The zero-order chi connectivity index (χ0) is 31.1. The highest BCUT2D eigenvalue weighted by atomic mass is 32.2. The maximum absolute atomic E-state index is 13.5. The van der Waals surface area contributed by atoms with E-state index >= 15 is 0 Å². The lowest BCUT2D eigenvalue weighted by Gasteiger charge is -2.36. The van der Waals surface area contributed by atoms with Gasteiger partial charge in [0.25, 0.3) is 15.9 Å². The molecule has 1 aliphatic rings. The quantitative estimate of drug-likeness (QED) is 0.431. The zero-order valence-electron chi connectivity index (χ0n) is 25.0. The van der Waals surface area contributed by atoms with Crippen molar-refractivity contribution in [1.29, 1.82) is 0 Å². The number of sulfonamides is 1. The van der Waals surface area contributed by atoms with Crippen LogP contribution in [0.15, 0.2) is 71.9 Å². The van der Waals surface area contributed by atoms with Crippen molar-refractivity contribution in [3.8, 4) is 11.5 Å². The van der Waals surface area contributed by atoms with Gasteiger partial charge in [-0.05, 0) is 42.8 Å². The Hall–Kier alpha value is -4.16. The van der Waals surface area contributed by atoms with Crippen LogP contribution in [-0.2, 0) is 26.0 Å². The molecule has 0 spiro atoms. The number of hydrogen-bond acceptors (Lipinski definition) is 8. The molecule has 2 aromatic carbocycles. The number of nitrogens with zero attached hydrogens (tertiary/aromatic N) is 3. The Morgan fingerprint density at radius 3 is 2.58 bits per heavy atom. The van der Waals surface area contributed by atoms with Gasteiger partial charge < -0.3 is 24.0 Å². The molecule has 0 bridgehead atoms. The Balaban J connectivity index is 1.66. The summed E-state index contributed by atoms with van der Waals surface area (Å²) in [4.78, 5) is 34.5. The van der Waals surface area contributed by atoms with Crippen LogP contribution in [-0.4, -0.2) is 88.1 Å². The molecule has 2 amide bonds. The van der Waals surface area contributed by atoms with Gasteiger partial charge in [-0.15, -0.1) is 0 Å². The smallest absolute Gasteiger partial charge is 0.262 e. The molecule has 4 rings (SSSR count). The first-order valence-electron chi connectivity index (χ1n) is 13.9. The molecule has 0 saturated heterocycles. The predicted molar refractivity (Wildman–Crippen MR) is 162 cm³/mol. The third kappa shape index (κ3) is 7.82. The lowest BCUT2D eigenvalue weighted by Crippen LogP contribution is -2.49. The summed E-state index contributed by atoms with van der Waals surface area (Å²) in [7, 11) is 0.750. The standard InChI is InChI=1S/C31H38N4O7S/c1-21-18-35(30(36)14-23-8-7-13-32-17-23)22(2)20-42-28-15-24(11-12-27(28)31(37)34(3)19-29(21)41-5)33-43(38,39)26-10-6-9-25(16-26)40-4/h6-13,15-17,21-22,29,33H,14,18-20H2,1-5H3/t21-,22+,29+/m0/s1. The molecule has 12 heteroatoms. The van der Waals surface area contributed by atoms with E-state index in [-0.39, 0.29) is 71.3 Å². The molecule has 11 nitrogen and oxygen atoms in total. The van der Waals surface area contributed by atoms with Gasteiger partial charge in [-0.1, -0.05) is 19.1 Å². The van der Waals surface area contributed by atoms with Crippen LogP contribution in [0.1, 0.15) is 29.8 Å². The van der Waals surface area contributed by atoms with E-state index in [1.165, 1.54) is 37.4 Å². The highest BCUT2D eigenvalue weighted by molar-refractivity contribution is 7.92. The third-order valence-electron chi connectivity index (χ3n) is 7.45. The first-order chi connectivity index (χ1) is 20.5. The van der Waals surface area contributed by atoms with Gasteiger partial charge in [-0.25, -0.2) is 8.42 Å². The Bertz CT molecular complexity index is 1530. The molecule has 0 aliphatic carbocycles. The Morgan fingerprint density at radius 1 is 1.09 bits per heavy atom. The maximum atomic E-state index is 13.5. The van der Waals surface area contributed by atoms with Crippen LogP contribution in [0.3, 0.4) is 0 Å². The van der Waals surface area contributed by atoms with E-state index in [4.69, 9.17) is 14.2 Å². The summed E-state index contributed by atoms with van der Waals surface area (Å²) in [6.45, 7) is 4.60. The monoisotopic (exact) mass is 610 g/mol. The molecule has 1 N–H and O–H groups in total. The second-order valence-corrected chi connectivity index (χ2v) is 12.4. The fourth-order valence-corrected chi connectivity index (χ4v) is 6.03. The molecule has 0 unspecified atom stereocenters. The van der Waals surface area contributed by atoms with Crippen molar-refractivity contribution in [1.82, 2.24) is 14.8 Å². The summed E-state index contributed by atoms with van der Waals surface area (Å²) in [5.41, 5.74) is 1.27. The summed E-state index contributed by atoms with van der Waals surface area (Å²) < 4.78 is 45.9. The van der Waals surface area contributed by atoms with Crippen molar-refractivity contribution in [3.05, 3.63) is 78.1 Å². The topological polar surface area (TPSA) is 127 Å². The average Bonchev–Trinajstić information content (AvgIpc) is 3.00. The van der Waals surface area contributed by atoms with Gasteiger partial charge in [-0.3, -0.25) is 19.3 Å². The summed E-state index contributed by atoms with van der Waals surface area (Å²) in [5.74, 6) is 0.110. The number of methoxy groups -OCH3 is 2. The Labute approximate surface area is 252 Å². The second-order valence-electron chi connectivity index (χ2n) is 10.7. The highest BCUT2D eigenvalue weighted by Crippen LogP contribution is 2.29. The zero-order valence-corrected chi connectivity index (χ0v) is 25.8. The van der Waals surface area contributed by atoms with E-state index in [0.29, 0.717) is 12.3 Å². The summed E-state index contributed by atoms with van der Waals surface area (Å²) in [5, 5.41) is 0. The number of likely N-dealkylation sites (N-methyl/N-ethyl adjacent to an activating group) is 1. The van der Waals surface area contributed by atoms with Gasteiger partial charge >= 0.3 is 0 Å². The fraction of sp³-hybridized carbons (Fsp3) is 0.387. The third-order valence-corrected chi connectivity index (χ3v) is 8.83. The van der Waals surface area contributed by atoms with Gasteiger partial charge in [0.2, 0.25) is 5.91 Å². The fourth-order valence-electron chi connectivity index (χ4n) is 4.94. The van der Waals surface area contributed by atoms with Gasteiger partial charge in [0, 0.05) is 57.7 Å². The van der Waals surface area contributed by atoms with E-state index in [2.05, 4.69) is 9.71 Å². The van der Waals surface area contributed by atoms with Crippen LogP contribution in [0.2, 0.25) is 0 Å². The number of carbonyl (C=O) groups excluding carboxylic acids is 2. The van der Waals surface area contributed by atoms with Crippen LogP contribution in [0.5, 0.6) is 11.5 Å². The van der Waals surface area contributed by atoms with Crippen molar-refractivity contribution >= 4 is 27.5 Å². The molecule has 3 aromatic rings. The van der Waals surface area contributed by atoms with Crippen molar-refractivity contribution < 1.29 is 32.2 Å². The molecule has 43 heavy (non-hydrogen) atoms. The van der Waals surface area contributed by atoms with Gasteiger partial charge in [-0.2, -0.15) is 0 Å². The number of pyridine rings is 1. The van der Waals surface area contributed by atoms with Crippen molar-refractivity contribution in [2.75, 3.05) is 45.7 Å². The number of carbonyl (C=O) groups is 2. The number of anilines is 1. The minimum atomic E-state index is -3.97. The summed E-state index contributed by atoms with van der Waals surface area (Å²) in [6, 6.07) is 13.9. The van der Waals surface area contributed by atoms with Crippen molar-refractivity contribution in [2.24, 2.45) is 5.92 Å². The Kier molecular flexibility index (Phi) is 10.3. The highest BCUT2D eigenvalue weighted by Gasteiger charge is 2.30. The van der Waals surface area contributed by atoms with E-state index in [1.54, 1.807) is 54.6 Å². The van der Waals surface area contributed by atoms with E-state index < -0.39 is 10.0 Å². The van der Waals surface area contributed by atoms with Gasteiger partial charge in [0.05, 0.1) is 41.8 Å². The molecular weight excluding hydrogens is 572 g/mol. The van der Waals surface area contributed by atoms with E-state index in [0.717, 1.165) is 5.56 Å². The molecule has 3 atom stereocenters. The maximum Gasteiger partial charge on any atom is 0.262 e. The SMILES string of the molecule is COc1cccc(S(=O)(=O)Nc2ccc3c(c2)OC[C@@H](C)N(C(=O)Cc2cccnc2)C[C@H](C)[C@H](OC)CN(C)C3=O)c1. The second kappa shape index (κ2) is 13.9. The largest absolute Gasteiger partial charge is 0.497 e. The minimum Gasteiger partial charge on any atom is -0.497 e. The van der Waals surface area contributed by atoms with Crippen LogP contribution in [0.4, 0.5) is 5.69 Å². The number of aromatic nitrogens is 1. The number of benzene rings is 2. The molecule has 0 saturated carbocycles. The van der Waals surface area contributed by atoms with E-state index in [1.807, 2.05) is 19.9 Å². The number of amides is 2. The number of hydrogen-bond donors (Lipinski definition) is 1. The Morgan fingerprint density at radius 2 is 1.88 bits per heavy atom. The first kappa shape index (κ1) is 31.8. The lowest BCUT2D eigenvalue weighted by molar-refractivity contribution is -0.134. The van der Waals surface area contributed by atoms with Crippen LogP contribution >= 0.6 is 0 Å². The summed E-state index contributed by atoms with van der Waals surface area (Å²) in [6.07, 6.45) is 3.16. The van der Waals surface area contributed by atoms with Gasteiger partial charge in [0.15, 0.2) is 0 Å². The van der Waals surface area contributed by atoms with E-state index in [9.17, 15) is 18.0 Å². The molecule has 1 aromatic heterocycles. The number of rotatable bonds is 7. The molecular formula is C31H38N4O7S. The first-order valence-corrected chi connectivity index (χ1v) is 15.4. The lowest BCUT2D eigenvalue weighted by atomic mass is 10.0. The molecule has 1 aliphatic heterocycles. The van der Waals surface area contributed by atoms with Crippen molar-refractivity contribution in [2.45, 2.75) is 37.3 Å². The molecule has 0 fully saturated rings. The molecule has 0 radical (unpaired) electrons. The number of fused-ring (bicyclic) bond motifs is 1. The predicted octanol–water partition coefficient (Wildman–Crippen LogP) is 3.47. The minimum absolute atomic E-state index is 0.0208. The van der Waals surface area contributed by atoms with Gasteiger partial charge in [0.1, 0.15) is 18.1 Å². The molecule has 2 heterocycles. The van der Waals surface area contributed by atoms with Crippen LogP contribution in [0, 0.1) is 5.92 Å². The van der Waals surface area contributed by atoms with Crippen LogP contribution < -0.4 is 14.2 Å². The summed E-state index contributed by atoms with van der Waals surface area (Å²) >= 11 is 0. The normalized spacial score (nSPS) is 19.8. The number of ether oxygens (including phenoxy) is 3. The average molecular weight is 611 g/mol. The van der Waals surface area contributed by atoms with Crippen LogP contribution in [0.25, 0.3) is 0 Å². The molecule has 230 valence electrons. The number of nitrogens with one attached hydrogen (secondary N) is 1. The van der Waals surface area contributed by atoms with Crippen molar-refractivity contribution in [3.63, 3.8) is 0 Å².